The summed E-state index contributed by atoms with van der Waals surface area (Å²) in [6, 6.07) is 8.29. The number of ether oxygens (including phenoxy) is 2. The number of benzene rings is 1. The first-order chi connectivity index (χ1) is 10.6. The second-order valence-electron chi connectivity index (χ2n) is 6.68. The zero-order valence-corrected chi connectivity index (χ0v) is 13.6. The standard InChI is InChI=1S/C18H25NO3/c1-12(2)18(20)19-14-5-4-13(10-14)17(19)11-22-16-8-6-15(21-3)7-9-16/h6-9,12-14,17H,4-5,10-11H2,1-3H3/t13-,14+,17+/m0/s1. The lowest BCUT2D eigenvalue weighted by Gasteiger charge is -2.36. The average Bonchev–Trinajstić information content (AvgIpc) is 3.13. The average molecular weight is 303 g/mol. The first-order valence-electron chi connectivity index (χ1n) is 8.19. The lowest BCUT2D eigenvalue weighted by atomic mass is 9.98. The van der Waals surface area contributed by atoms with Crippen LogP contribution in [0.5, 0.6) is 11.5 Å². The second kappa shape index (κ2) is 6.19. The largest absolute Gasteiger partial charge is 0.497 e. The van der Waals surface area contributed by atoms with E-state index in [4.69, 9.17) is 9.47 Å². The van der Waals surface area contributed by atoms with Gasteiger partial charge in [-0.25, -0.2) is 0 Å². The highest BCUT2D eigenvalue weighted by Gasteiger charge is 2.48. The van der Waals surface area contributed by atoms with Gasteiger partial charge in [0.15, 0.2) is 0 Å². The fraction of sp³-hybridized carbons (Fsp3) is 0.611. The number of piperidine rings is 1. The van der Waals surface area contributed by atoms with Crippen LogP contribution in [0.4, 0.5) is 0 Å². The monoisotopic (exact) mass is 303 g/mol. The van der Waals surface area contributed by atoms with E-state index >= 15 is 0 Å². The molecular formula is C18H25NO3. The molecule has 0 spiro atoms. The maximum absolute atomic E-state index is 12.5. The molecule has 1 saturated heterocycles. The van der Waals surface area contributed by atoms with E-state index in [0.717, 1.165) is 24.3 Å². The summed E-state index contributed by atoms with van der Waals surface area (Å²) in [6.07, 6.45) is 3.53. The van der Waals surface area contributed by atoms with E-state index in [9.17, 15) is 4.79 Å². The van der Waals surface area contributed by atoms with Crippen molar-refractivity contribution in [2.75, 3.05) is 13.7 Å². The van der Waals surface area contributed by atoms with E-state index in [-0.39, 0.29) is 17.9 Å². The van der Waals surface area contributed by atoms with E-state index in [2.05, 4.69) is 4.90 Å². The number of carbonyl (C=O) groups is 1. The van der Waals surface area contributed by atoms with Gasteiger partial charge in [0.2, 0.25) is 5.91 Å². The first-order valence-corrected chi connectivity index (χ1v) is 8.19. The molecule has 1 saturated carbocycles. The summed E-state index contributed by atoms with van der Waals surface area (Å²) in [4.78, 5) is 14.6. The molecule has 1 aliphatic carbocycles. The topological polar surface area (TPSA) is 38.8 Å². The van der Waals surface area contributed by atoms with E-state index in [1.807, 2.05) is 38.1 Å². The van der Waals surface area contributed by atoms with Gasteiger partial charge in [0.1, 0.15) is 18.1 Å². The minimum Gasteiger partial charge on any atom is -0.497 e. The highest BCUT2D eigenvalue weighted by atomic mass is 16.5. The molecule has 3 rings (SSSR count). The molecule has 2 fully saturated rings. The Morgan fingerprint density at radius 2 is 1.91 bits per heavy atom. The van der Waals surface area contributed by atoms with Crippen molar-refractivity contribution >= 4 is 5.91 Å². The lowest BCUT2D eigenvalue weighted by molar-refractivity contribution is -0.139. The third-order valence-electron chi connectivity index (χ3n) is 4.97. The fourth-order valence-electron chi connectivity index (χ4n) is 3.80. The Balaban J connectivity index is 1.66. The van der Waals surface area contributed by atoms with E-state index in [1.165, 1.54) is 6.42 Å². The molecule has 1 amide bonds. The Labute approximate surface area is 132 Å². The number of carbonyl (C=O) groups excluding carboxylic acids is 1. The van der Waals surface area contributed by atoms with Crippen molar-refractivity contribution in [3.63, 3.8) is 0 Å². The number of hydrogen-bond acceptors (Lipinski definition) is 3. The molecule has 3 atom stereocenters. The molecular weight excluding hydrogens is 278 g/mol. The highest BCUT2D eigenvalue weighted by molar-refractivity contribution is 5.79. The van der Waals surface area contributed by atoms with Crippen molar-refractivity contribution < 1.29 is 14.3 Å². The summed E-state index contributed by atoms with van der Waals surface area (Å²) in [6.45, 7) is 4.55. The van der Waals surface area contributed by atoms with Gasteiger partial charge in [-0.2, -0.15) is 0 Å². The molecule has 0 radical (unpaired) electrons. The van der Waals surface area contributed by atoms with Gasteiger partial charge in [-0.05, 0) is 49.4 Å². The first kappa shape index (κ1) is 15.2. The van der Waals surface area contributed by atoms with Gasteiger partial charge in [-0.1, -0.05) is 13.8 Å². The van der Waals surface area contributed by atoms with Gasteiger partial charge in [0.05, 0.1) is 13.2 Å². The molecule has 1 aliphatic heterocycles. The van der Waals surface area contributed by atoms with Gasteiger partial charge in [0, 0.05) is 12.0 Å². The second-order valence-corrected chi connectivity index (χ2v) is 6.68. The van der Waals surface area contributed by atoms with E-state index in [1.54, 1.807) is 7.11 Å². The Kier molecular flexibility index (Phi) is 4.27. The van der Waals surface area contributed by atoms with Crippen LogP contribution >= 0.6 is 0 Å². The van der Waals surface area contributed by atoms with Crippen LogP contribution in [0.3, 0.4) is 0 Å². The van der Waals surface area contributed by atoms with Crippen LogP contribution in [0.2, 0.25) is 0 Å². The Hall–Kier alpha value is -1.71. The van der Waals surface area contributed by atoms with Crippen LogP contribution in [-0.4, -0.2) is 36.6 Å². The van der Waals surface area contributed by atoms with Crippen LogP contribution in [0.15, 0.2) is 24.3 Å². The predicted octanol–water partition coefficient (Wildman–Crippen LogP) is 3.11. The van der Waals surface area contributed by atoms with Crippen molar-refractivity contribution in [2.24, 2.45) is 11.8 Å². The maximum atomic E-state index is 12.5. The van der Waals surface area contributed by atoms with Crippen LogP contribution in [0.25, 0.3) is 0 Å². The van der Waals surface area contributed by atoms with Crippen LogP contribution in [0, 0.1) is 11.8 Å². The molecule has 0 aromatic heterocycles. The van der Waals surface area contributed by atoms with Crippen LogP contribution < -0.4 is 9.47 Å². The third-order valence-corrected chi connectivity index (χ3v) is 4.97. The Bertz CT molecular complexity index is 526. The number of hydrogen-bond donors (Lipinski definition) is 0. The number of rotatable bonds is 5. The summed E-state index contributed by atoms with van der Waals surface area (Å²) < 4.78 is 11.1. The zero-order valence-electron chi connectivity index (χ0n) is 13.6. The molecule has 0 N–H and O–H groups in total. The minimum absolute atomic E-state index is 0.0582. The molecule has 4 heteroatoms. The van der Waals surface area contributed by atoms with Gasteiger partial charge < -0.3 is 14.4 Å². The SMILES string of the molecule is COc1ccc(OC[C@@H]2[C@H]3CC[C@H](C3)N2C(=O)C(C)C)cc1. The normalized spacial score (nSPS) is 26.5. The third kappa shape index (κ3) is 2.79. The lowest BCUT2D eigenvalue weighted by Crippen LogP contribution is -2.49. The van der Waals surface area contributed by atoms with Crippen molar-refractivity contribution in [3.05, 3.63) is 24.3 Å². The summed E-state index contributed by atoms with van der Waals surface area (Å²) in [5.74, 6) is 2.59. The maximum Gasteiger partial charge on any atom is 0.225 e. The number of likely N-dealkylation sites (tertiary alicyclic amines) is 1. The van der Waals surface area contributed by atoms with E-state index < -0.39 is 0 Å². The number of amides is 1. The zero-order chi connectivity index (χ0) is 15.7. The fourth-order valence-corrected chi connectivity index (χ4v) is 3.80. The van der Waals surface area contributed by atoms with Crippen LogP contribution in [-0.2, 0) is 4.79 Å². The summed E-state index contributed by atoms with van der Waals surface area (Å²) in [5.41, 5.74) is 0. The number of nitrogens with zero attached hydrogens (tertiary/aromatic N) is 1. The molecule has 22 heavy (non-hydrogen) atoms. The van der Waals surface area contributed by atoms with Gasteiger partial charge in [0.25, 0.3) is 0 Å². The smallest absolute Gasteiger partial charge is 0.225 e. The molecule has 2 bridgehead atoms. The van der Waals surface area contributed by atoms with Crippen molar-refractivity contribution in [3.8, 4) is 11.5 Å². The summed E-state index contributed by atoms with van der Waals surface area (Å²) >= 11 is 0. The Morgan fingerprint density at radius 3 is 2.55 bits per heavy atom. The molecule has 1 aromatic carbocycles. The van der Waals surface area contributed by atoms with Gasteiger partial charge in [-0.3, -0.25) is 4.79 Å². The number of methoxy groups -OCH3 is 1. The highest BCUT2D eigenvalue weighted by Crippen LogP contribution is 2.43. The minimum atomic E-state index is 0.0582. The van der Waals surface area contributed by atoms with Crippen molar-refractivity contribution in [1.29, 1.82) is 0 Å². The van der Waals surface area contributed by atoms with Gasteiger partial charge in [-0.15, -0.1) is 0 Å². The molecule has 1 aromatic rings. The molecule has 4 nitrogen and oxygen atoms in total. The number of fused-ring (bicyclic) bond motifs is 2. The quantitative estimate of drug-likeness (QED) is 0.839. The molecule has 2 aliphatic rings. The van der Waals surface area contributed by atoms with Crippen molar-refractivity contribution in [1.82, 2.24) is 4.90 Å². The van der Waals surface area contributed by atoms with Gasteiger partial charge >= 0.3 is 0 Å². The predicted molar refractivity (Wildman–Crippen MR) is 85.1 cm³/mol. The van der Waals surface area contributed by atoms with Crippen molar-refractivity contribution in [2.45, 2.75) is 45.2 Å². The summed E-state index contributed by atoms with van der Waals surface area (Å²) in [5, 5.41) is 0. The Morgan fingerprint density at radius 1 is 1.23 bits per heavy atom. The summed E-state index contributed by atoms with van der Waals surface area (Å²) in [7, 11) is 1.65. The van der Waals surface area contributed by atoms with E-state index in [0.29, 0.717) is 18.6 Å². The molecule has 120 valence electrons. The van der Waals surface area contributed by atoms with Crippen LogP contribution in [0.1, 0.15) is 33.1 Å². The molecule has 0 unspecified atom stereocenters. The molecule has 1 heterocycles.